The van der Waals surface area contributed by atoms with Gasteiger partial charge in [-0.05, 0) is 50.6 Å². The Balaban J connectivity index is 2.10. The second-order valence-electron chi connectivity index (χ2n) is 6.06. The number of hydrogen-bond donors (Lipinski definition) is 1. The molecule has 2 aromatic rings. The molecule has 3 rings (SSSR count). The van der Waals surface area contributed by atoms with Crippen LogP contribution in [-0.2, 0) is 9.53 Å². The lowest BCUT2D eigenvalue weighted by molar-refractivity contribution is -0.135. The fourth-order valence-electron chi connectivity index (χ4n) is 3.12. The summed E-state index contributed by atoms with van der Waals surface area (Å²) in [6, 6.07) is 9.59. The predicted molar refractivity (Wildman–Crippen MR) is 103 cm³/mol. The number of benzene rings is 1. The number of aliphatic imine (C=N–C) groups is 1. The zero-order valence-electron chi connectivity index (χ0n) is 15.0. The van der Waals surface area contributed by atoms with Gasteiger partial charge >= 0.3 is 5.97 Å². The number of aliphatic hydroxyl groups is 1. The minimum Gasteiger partial charge on any atom is -0.505 e. The lowest BCUT2D eigenvalue weighted by atomic mass is 10.1. The quantitative estimate of drug-likeness (QED) is 0.806. The van der Waals surface area contributed by atoms with Crippen LogP contribution in [0.5, 0.6) is 0 Å². The molecule has 0 saturated carbocycles. The Morgan fingerprint density at radius 1 is 1.27 bits per heavy atom. The van der Waals surface area contributed by atoms with Gasteiger partial charge in [0.05, 0.1) is 23.5 Å². The van der Waals surface area contributed by atoms with Gasteiger partial charge in [0.25, 0.3) is 0 Å². The molecule has 0 aliphatic carbocycles. The van der Waals surface area contributed by atoms with E-state index < -0.39 is 5.97 Å². The number of methoxy groups -OCH3 is 1. The molecule has 0 bridgehead atoms. The maximum atomic E-state index is 11.8. The van der Waals surface area contributed by atoms with Crippen LogP contribution in [0.15, 0.2) is 52.4 Å². The van der Waals surface area contributed by atoms with Gasteiger partial charge < -0.3 is 14.4 Å². The number of ether oxygens (including phenoxy) is 1. The third kappa shape index (κ3) is 2.95. The molecule has 2 heterocycles. The number of halogens is 1. The van der Waals surface area contributed by atoms with Crippen LogP contribution < -0.4 is 0 Å². The third-order valence-corrected chi connectivity index (χ3v) is 4.69. The zero-order valence-corrected chi connectivity index (χ0v) is 15.8. The van der Waals surface area contributed by atoms with Crippen molar-refractivity contribution in [3.05, 3.63) is 69.3 Å². The molecule has 0 unspecified atom stereocenters. The van der Waals surface area contributed by atoms with E-state index in [1.165, 1.54) is 7.11 Å². The summed E-state index contributed by atoms with van der Waals surface area (Å²) in [6.07, 6.45) is 1.75. The molecule has 1 aliphatic rings. The van der Waals surface area contributed by atoms with Crippen molar-refractivity contribution in [1.29, 1.82) is 0 Å². The van der Waals surface area contributed by atoms with E-state index in [-0.39, 0.29) is 11.3 Å². The van der Waals surface area contributed by atoms with Crippen molar-refractivity contribution in [3.63, 3.8) is 0 Å². The predicted octanol–water partition coefficient (Wildman–Crippen LogP) is 4.55. The molecule has 0 amide bonds. The first-order valence-electron chi connectivity index (χ1n) is 8.08. The number of carbonyl (C=O) groups excluding carboxylic acids is 1. The molecule has 0 spiro atoms. The van der Waals surface area contributed by atoms with Crippen molar-refractivity contribution in [3.8, 4) is 5.69 Å². The Bertz CT molecular complexity index is 996. The summed E-state index contributed by atoms with van der Waals surface area (Å²) in [4.78, 5) is 16.1. The first-order valence-corrected chi connectivity index (χ1v) is 8.46. The van der Waals surface area contributed by atoms with Gasteiger partial charge in [0, 0.05) is 11.4 Å². The van der Waals surface area contributed by atoms with Crippen molar-refractivity contribution in [1.82, 2.24) is 4.57 Å². The van der Waals surface area contributed by atoms with E-state index in [0.717, 1.165) is 22.6 Å². The lowest BCUT2D eigenvalue weighted by Gasteiger charge is -2.11. The van der Waals surface area contributed by atoms with Crippen molar-refractivity contribution in [2.45, 2.75) is 20.8 Å². The number of para-hydroxylation sites is 1. The van der Waals surface area contributed by atoms with Gasteiger partial charge in [-0.2, -0.15) is 0 Å². The van der Waals surface area contributed by atoms with Crippen LogP contribution in [0.25, 0.3) is 11.8 Å². The van der Waals surface area contributed by atoms with E-state index in [9.17, 15) is 9.90 Å². The highest BCUT2D eigenvalue weighted by molar-refractivity contribution is 6.32. The van der Waals surface area contributed by atoms with Gasteiger partial charge in [-0.1, -0.05) is 23.7 Å². The highest BCUT2D eigenvalue weighted by atomic mass is 35.5. The summed E-state index contributed by atoms with van der Waals surface area (Å²) in [7, 11) is 1.27. The molecular formula is C20H19ClN2O3. The molecule has 0 fully saturated rings. The Labute approximate surface area is 156 Å². The number of carbonyl (C=O) groups is 1. The van der Waals surface area contributed by atoms with Crippen LogP contribution in [0, 0.1) is 13.8 Å². The number of rotatable bonds is 3. The molecule has 1 aromatic heterocycles. The molecule has 26 heavy (non-hydrogen) atoms. The Morgan fingerprint density at radius 2 is 1.96 bits per heavy atom. The van der Waals surface area contributed by atoms with Crippen molar-refractivity contribution in [2.24, 2.45) is 4.99 Å². The van der Waals surface area contributed by atoms with Crippen molar-refractivity contribution in [2.75, 3.05) is 7.11 Å². The van der Waals surface area contributed by atoms with E-state index in [2.05, 4.69) is 4.99 Å². The summed E-state index contributed by atoms with van der Waals surface area (Å²) in [5.41, 5.74) is 4.58. The Kier molecular flexibility index (Phi) is 4.74. The highest BCUT2D eigenvalue weighted by Gasteiger charge is 2.27. The molecule has 134 valence electrons. The Morgan fingerprint density at radius 3 is 2.62 bits per heavy atom. The molecule has 0 saturated heterocycles. The molecular weight excluding hydrogens is 352 g/mol. The maximum Gasteiger partial charge on any atom is 0.343 e. The van der Waals surface area contributed by atoms with E-state index in [4.69, 9.17) is 16.3 Å². The maximum absolute atomic E-state index is 11.8. The molecule has 0 atom stereocenters. The summed E-state index contributed by atoms with van der Waals surface area (Å²) in [6.45, 7) is 5.61. The standard InChI is InChI=1S/C20H19ClN2O3/c1-11-9-14(13(3)23(11)17-8-6-5-7-15(17)21)10-16-19(24)18(12(2)22-16)20(25)26-4/h5-10,24H,1-4H3/b16-10+. The van der Waals surface area contributed by atoms with E-state index in [1.807, 2.05) is 48.7 Å². The van der Waals surface area contributed by atoms with Crippen molar-refractivity contribution >= 4 is 29.4 Å². The van der Waals surface area contributed by atoms with Crippen molar-refractivity contribution < 1.29 is 14.6 Å². The van der Waals surface area contributed by atoms with E-state index in [0.29, 0.717) is 16.4 Å². The number of nitrogens with zero attached hydrogens (tertiary/aromatic N) is 2. The first-order chi connectivity index (χ1) is 12.3. The smallest absolute Gasteiger partial charge is 0.343 e. The summed E-state index contributed by atoms with van der Waals surface area (Å²) >= 11 is 6.34. The average molecular weight is 371 g/mol. The summed E-state index contributed by atoms with van der Waals surface area (Å²) in [5.74, 6) is -0.773. The number of esters is 1. The third-order valence-electron chi connectivity index (χ3n) is 4.37. The van der Waals surface area contributed by atoms with Gasteiger partial charge in [-0.15, -0.1) is 0 Å². The molecule has 1 N–H and O–H groups in total. The highest BCUT2D eigenvalue weighted by Crippen LogP contribution is 2.30. The molecule has 0 radical (unpaired) electrons. The number of aromatic nitrogens is 1. The van der Waals surface area contributed by atoms with E-state index >= 15 is 0 Å². The van der Waals surface area contributed by atoms with Crippen LogP contribution in [0.4, 0.5) is 0 Å². The lowest BCUT2D eigenvalue weighted by Crippen LogP contribution is -2.11. The van der Waals surface area contributed by atoms with Crippen LogP contribution in [0.1, 0.15) is 23.9 Å². The second kappa shape index (κ2) is 6.84. The summed E-state index contributed by atoms with van der Waals surface area (Å²) < 4.78 is 6.75. The van der Waals surface area contributed by atoms with Gasteiger partial charge in [-0.25, -0.2) is 9.79 Å². The molecule has 5 nitrogen and oxygen atoms in total. The van der Waals surface area contributed by atoms with Gasteiger partial charge in [0.2, 0.25) is 0 Å². The average Bonchev–Trinajstić information content (AvgIpc) is 3.04. The zero-order chi connectivity index (χ0) is 19.0. The number of hydrogen-bond acceptors (Lipinski definition) is 4. The number of aryl methyl sites for hydroxylation is 1. The normalized spacial score (nSPS) is 15.6. The summed E-state index contributed by atoms with van der Waals surface area (Å²) in [5, 5.41) is 11.0. The minimum atomic E-state index is -0.603. The van der Waals surface area contributed by atoms with Crippen LogP contribution in [0.3, 0.4) is 0 Å². The fourth-order valence-corrected chi connectivity index (χ4v) is 3.34. The van der Waals surface area contributed by atoms with E-state index in [1.54, 1.807) is 13.0 Å². The SMILES string of the molecule is COC(=O)C1=C(O)/C(=C\c2cc(C)n(-c3ccccc3Cl)c2C)N=C1C. The first kappa shape index (κ1) is 18.0. The molecule has 1 aliphatic heterocycles. The Hall–Kier alpha value is -2.79. The van der Waals surface area contributed by atoms with Gasteiger partial charge in [0.15, 0.2) is 5.76 Å². The second-order valence-corrected chi connectivity index (χ2v) is 6.46. The largest absolute Gasteiger partial charge is 0.505 e. The monoisotopic (exact) mass is 370 g/mol. The topological polar surface area (TPSA) is 63.8 Å². The fraction of sp³-hybridized carbons (Fsp3) is 0.200. The van der Waals surface area contributed by atoms with Gasteiger partial charge in [-0.3, -0.25) is 0 Å². The van der Waals surface area contributed by atoms with Crippen LogP contribution in [0.2, 0.25) is 5.02 Å². The number of aliphatic hydroxyl groups excluding tert-OH is 1. The van der Waals surface area contributed by atoms with Gasteiger partial charge in [0.1, 0.15) is 11.3 Å². The van der Waals surface area contributed by atoms with Crippen LogP contribution >= 0.6 is 11.6 Å². The van der Waals surface area contributed by atoms with Crippen LogP contribution in [-0.4, -0.2) is 28.5 Å². The molecule has 1 aromatic carbocycles. The molecule has 6 heteroatoms. The minimum absolute atomic E-state index is 0.0960.